The standard InChI is InChI=1S/C25H24F2N4O4/c26-17-3-2-16(10-18(17)27)31-19-9-15-11-28-30-24(15)29-22(19)21(23(31)13-5-7-34-8-6-13)14-1-4-20(25(32)33)35-12-14/h2-3,9-11,13-14,20H,1,4-8,12H2,(H,32,33)(H,28,29,30)/t14-,20?/m1/s1. The number of hydrogen-bond acceptors (Lipinski definition) is 5. The van der Waals surface area contributed by atoms with Gasteiger partial charge in [-0.1, -0.05) is 0 Å². The van der Waals surface area contributed by atoms with Crippen molar-refractivity contribution < 1.29 is 28.2 Å². The number of hydrogen-bond donors (Lipinski definition) is 2. The second kappa shape index (κ2) is 8.69. The Morgan fingerprint density at radius 2 is 1.91 bits per heavy atom. The third-order valence-electron chi connectivity index (χ3n) is 7.15. The van der Waals surface area contributed by atoms with Crippen LogP contribution in [-0.2, 0) is 14.3 Å². The van der Waals surface area contributed by atoms with Crippen molar-refractivity contribution in [3.05, 3.63) is 53.4 Å². The number of fused-ring (bicyclic) bond motifs is 2. The highest BCUT2D eigenvalue weighted by atomic mass is 19.2. The molecule has 10 heteroatoms. The number of aliphatic carboxylic acids is 1. The van der Waals surface area contributed by atoms with Gasteiger partial charge < -0.3 is 19.1 Å². The Morgan fingerprint density at radius 3 is 2.63 bits per heavy atom. The van der Waals surface area contributed by atoms with Crippen LogP contribution >= 0.6 is 0 Å². The van der Waals surface area contributed by atoms with E-state index in [1.165, 1.54) is 6.07 Å². The molecule has 182 valence electrons. The lowest BCUT2D eigenvalue weighted by Gasteiger charge is -2.30. The van der Waals surface area contributed by atoms with Gasteiger partial charge in [0.2, 0.25) is 0 Å². The van der Waals surface area contributed by atoms with Crippen LogP contribution in [0.4, 0.5) is 8.78 Å². The van der Waals surface area contributed by atoms with E-state index in [-0.39, 0.29) is 18.4 Å². The molecule has 2 atom stereocenters. The van der Waals surface area contributed by atoms with E-state index in [4.69, 9.17) is 14.5 Å². The number of carboxylic acids is 1. The molecule has 0 spiro atoms. The Hall–Kier alpha value is -3.37. The van der Waals surface area contributed by atoms with Gasteiger partial charge in [-0.2, -0.15) is 5.10 Å². The first-order valence-electron chi connectivity index (χ1n) is 11.8. The van der Waals surface area contributed by atoms with Crippen molar-refractivity contribution in [1.82, 2.24) is 19.7 Å². The predicted molar refractivity (Wildman–Crippen MR) is 123 cm³/mol. The van der Waals surface area contributed by atoms with Gasteiger partial charge in [-0.25, -0.2) is 18.6 Å². The van der Waals surface area contributed by atoms with E-state index in [0.717, 1.165) is 46.6 Å². The molecule has 0 radical (unpaired) electrons. The van der Waals surface area contributed by atoms with Gasteiger partial charge in [0.25, 0.3) is 0 Å². The van der Waals surface area contributed by atoms with Gasteiger partial charge in [0.15, 0.2) is 23.4 Å². The molecule has 6 rings (SSSR count). The minimum Gasteiger partial charge on any atom is -0.479 e. The van der Waals surface area contributed by atoms with Crippen molar-refractivity contribution in [2.24, 2.45) is 0 Å². The highest BCUT2D eigenvalue weighted by Gasteiger charge is 2.35. The average molecular weight is 482 g/mol. The smallest absolute Gasteiger partial charge is 0.332 e. The van der Waals surface area contributed by atoms with E-state index < -0.39 is 23.7 Å². The largest absolute Gasteiger partial charge is 0.479 e. The van der Waals surface area contributed by atoms with Crippen molar-refractivity contribution in [2.75, 3.05) is 19.8 Å². The maximum absolute atomic E-state index is 14.4. The third-order valence-corrected chi connectivity index (χ3v) is 7.15. The summed E-state index contributed by atoms with van der Waals surface area (Å²) in [5.41, 5.74) is 4.57. The predicted octanol–water partition coefficient (Wildman–Crippen LogP) is 4.42. The molecule has 2 aliphatic heterocycles. The van der Waals surface area contributed by atoms with Gasteiger partial charge in [-0.3, -0.25) is 5.10 Å². The Balaban J connectivity index is 1.62. The molecule has 4 aromatic rings. The highest BCUT2D eigenvalue weighted by molar-refractivity contribution is 5.93. The van der Waals surface area contributed by atoms with Gasteiger partial charge in [-0.05, 0) is 43.9 Å². The fraction of sp³-hybridized carbons (Fsp3) is 0.400. The number of carboxylic acid groups (broad SMARTS) is 1. The minimum absolute atomic E-state index is 0.0923. The van der Waals surface area contributed by atoms with E-state index in [9.17, 15) is 18.7 Å². The molecular formula is C25H24F2N4O4. The molecule has 2 saturated heterocycles. The van der Waals surface area contributed by atoms with Crippen LogP contribution in [0.25, 0.3) is 27.8 Å². The molecule has 2 N–H and O–H groups in total. The number of carbonyl (C=O) groups is 1. The van der Waals surface area contributed by atoms with Gasteiger partial charge >= 0.3 is 5.97 Å². The van der Waals surface area contributed by atoms with Crippen LogP contribution in [0.5, 0.6) is 0 Å². The average Bonchev–Trinajstić information content (AvgIpc) is 3.46. The number of rotatable bonds is 4. The number of halogens is 2. The van der Waals surface area contributed by atoms with Gasteiger partial charge in [0, 0.05) is 53.4 Å². The molecule has 1 aromatic carbocycles. The van der Waals surface area contributed by atoms with Crippen molar-refractivity contribution >= 4 is 28.0 Å². The molecule has 3 aromatic heterocycles. The van der Waals surface area contributed by atoms with Crippen LogP contribution in [0.2, 0.25) is 0 Å². The highest BCUT2D eigenvalue weighted by Crippen LogP contribution is 2.44. The lowest BCUT2D eigenvalue weighted by Crippen LogP contribution is -2.32. The van der Waals surface area contributed by atoms with E-state index in [1.54, 1.807) is 12.3 Å². The molecule has 1 unspecified atom stereocenters. The summed E-state index contributed by atoms with van der Waals surface area (Å²) < 4.78 is 41.6. The van der Waals surface area contributed by atoms with Crippen molar-refractivity contribution in [3.8, 4) is 5.69 Å². The quantitative estimate of drug-likeness (QED) is 0.447. The molecular weight excluding hydrogens is 458 g/mol. The van der Waals surface area contributed by atoms with Gasteiger partial charge in [0.1, 0.15) is 0 Å². The molecule has 0 amide bonds. The second-order valence-corrected chi connectivity index (χ2v) is 9.22. The Kier molecular flexibility index (Phi) is 5.49. The summed E-state index contributed by atoms with van der Waals surface area (Å²) in [6, 6.07) is 5.87. The molecule has 2 aliphatic rings. The fourth-order valence-corrected chi connectivity index (χ4v) is 5.46. The number of pyridine rings is 1. The zero-order chi connectivity index (χ0) is 24.1. The number of nitrogens with zero attached hydrogens (tertiary/aromatic N) is 3. The summed E-state index contributed by atoms with van der Waals surface area (Å²) in [6.45, 7) is 1.44. The Labute approximate surface area is 198 Å². The van der Waals surface area contributed by atoms with Crippen LogP contribution in [0.1, 0.15) is 48.8 Å². The van der Waals surface area contributed by atoms with Crippen LogP contribution in [0.3, 0.4) is 0 Å². The zero-order valence-electron chi connectivity index (χ0n) is 18.8. The first kappa shape index (κ1) is 22.1. The summed E-state index contributed by atoms with van der Waals surface area (Å²) >= 11 is 0. The van der Waals surface area contributed by atoms with Crippen molar-refractivity contribution in [2.45, 2.75) is 43.6 Å². The maximum atomic E-state index is 14.4. The van der Waals surface area contributed by atoms with Crippen molar-refractivity contribution in [3.63, 3.8) is 0 Å². The van der Waals surface area contributed by atoms with E-state index in [2.05, 4.69) is 10.2 Å². The normalized spacial score (nSPS) is 21.7. The first-order valence-corrected chi connectivity index (χ1v) is 11.8. The number of aromatic amines is 1. The molecule has 0 bridgehead atoms. The number of H-pyrrole nitrogens is 1. The SMILES string of the molecule is O=C(O)C1CC[C@@H](c2c(C3CCOCC3)n(-c3ccc(F)c(F)c3)c3cc4cn[nH]c4nc23)CO1. The third kappa shape index (κ3) is 3.77. The number of aromatic nitrogens is 4. The van der Waals surface area contributed by atoms with E-state index in [0.29, 0.717) is 37.4 Å². The molecule has 0 saturated carbocycles. The lowest BCUT2D eigenvalue weighted by molar-refractivity contribution is -0.153. The topological polar surface area (TPSA) is 102 Å². The van der Waals surface area contributed by atoms with Crippen LogP contribution in [0.15, 0.2) is 30.5 Å². The minimum atomic E-state index is -0.963. The maximum Gasteiger partial charge on any atom is 0.332 e. The monoisotopic (exact) mass is 482 g/mol. The van der Waals surface area contributed by atoms with Crippen LogP contribution in [0, 0.1) is 11.6 Å². The number of nitrogens with one attached hydrogen (secondary N) is 1. The Morgan fingerprint density at radius 1 is 1.09 bits per heavy atom. The zero-order valence-corrected chi connectivity index (χ0v) is 18.8. The summed E-state index contributed by atoms with van der Waals surface area (Å²) in [4.78, 5) is 16.4. The van der Waals surface area contributed by atoms with E-state index >= 15 is 0 Å². The molecule has 0 aliphatic carbocycles. The molecule has 2 fully saturated rings. The molecule has 8 nitrogen and oxygen atoms in total. The Bertz CT molecular complexity index is 1420. The summed E-state index contributed by atoms with van der Waals surface area (Å²) in [5.74, 6) is -2.78. The summed E-state index contributed by atoms with van der Waals surface area (Å²) in [5, 5.41) is 17.2. The first-order chi connectivity index (χ1) is 17.0. The number of benzene rings is 1. The van der Waals surface area contributed by atoms with Gasteiger partial charge in [0.05, 0.1) is 23.8 Å². The summed E-state index contributed by atoms with van der Waals surface area (Å²) in [6.07, 6.45) is 3.41. The molecule has 5 heterocycles. The van der Waals surface area contributed by atoms with Crippen LogP contribution < -0.4 is 0 Å². The van der Waals surface area contributed by atoms with Crippen molar-refractivity contribution in [1.29, 1.82) is 0 Å². The van der Waals surface area contributed by atoms with Gasteiger partial charge in [-0.15, -0.1) is 0 Å². The molecule has 35 heavy (non-hydrogen) atoms. The second-order valence-electron chi connectivity index (χ2n) is 9.22. The van der Waals surface area contributed by atoms with Crippen LogP contribution in [-0.4, -0.2) is 56.7 Å². The summed E-state index contributed by atoms with van der Waals surface area (Å²) in [7, 11) is 0. The number of ether oxygens (including phenoxy) is 2. The fourth-order valence-electron chi connectivity index (χ4n) is 5.46. The van der Waals surface area contributed by atoms with E-state index in [1.807, 2.05) is 10.6 Å². The lowest BCUT2D eigenvalue weighted by atomic mass is 9.85.